The van der Waals surface area contributed by atoms with Crippen LogP contribution in [0, 0.1) is 0 Å². The van der Waals surface area contributed by atoms with Crippen molar-refractivity contribution in [2.45, 2.75) is 89.1 Å². The molecule has 1 atom stereocenters. The quantitative estimate of drug-likeness (QED) is 0.722. The van der Waals surface area contributed by atoms with E-state index < -0.39 is 6.04 Å². The Morgan fingerprint density at radius 1 is 1.00 bits per heavy atom. The molecular formula is C23H35N3O. The molecule has 1 heterocycles. The number of nitrogens with two attached hydrogens (primary N) is 1. The van der Waals surface area contributed by atoms with Gasteiger partial charge < -0.3 is 16.0 Å². The summed E-state index contributed by atoms with van der Waals surface area (Å²) in [6.45, 7) is 0. The molecule has 0 saturated heterocycles. The maximum Gasteiger partial charge on any atom is 0.237 e. The number of hydrogen-bond donors (Lipinski definition) is 3. The Labute approximate surface area is 163 Å². The van der Waals surface area contributed by atoms with Crippen LogP contribution in [0.3, 0.4) is 0 Å². The van der Waals surface area contributed by atoms with Gasteiger partial charge in [-0.05, 0) is 30.9 Å². The lowest BCUT2D eigenvalue weighted by Crippen LogP contribution is -2.46. The first-order valence-corrected chi connectivity index (χ1v) is 10.8. The molecule has 4 heteroatoms. The van der Waals surface area contributed by atoms with Crippen LogP contribution in [0.5, 0.6) is 0 Å². The number of fused-ring (bicyclic) bond motifs is 1. The van der Waals surface area contributed by atoms with E-state index in [-0.39, 0.29) is 11.9 Å². The molecule has 3 rings (SSSR count). The SMILES string of the molecule is N[C@@H](Cc1c[nH]c2ccccc12)C(=O)NC1CCCCCCCCCCC1. The molecule has 4 N–H and O–H groups in total. The zero-order valence-electron chi connectivity index (χ0n) is 16.5. The molecule has 27 heavy (non-hydrogen) atoms. The van der Waals surface area contributed by atoms with Crippen molar-refractivity contribution in [1.82, 2.24) is 10.3 Å². The third kappa shape index (κ3) is 6.10. The van der Waals surface area contributed by atoms with Gasteiger partial charge in [-0.3, -0.25) is 4.79 Å². The first-order valence-electron chi connectivity index (χ1n) is 10.8. The fourth-order valence-corrected chi connectivity index (χ4v) is 4.25. The molecule has 148 valence electrons. The van der Waals surface area contributed by atoms with Crippen LogP contribution in [0.25, 0.3) is 10.9 Å². The third-order valence-electron chi connectivity index (χ3n) is 5.90. The summed E-state index contributed by atoms with van der Waals surface area (Å²) >= 11 is 0. The molecule has 0 unspecified atom stereocenters. The van der Waals surface area contributed by atoms with Crippen LogP contribution in [-0.2, 0) is 11.2 Å². The zero-order valence-corrected chi connectivity index (χ0v) is 16.5. The Morgan fingerprint density at radius 3 is 2.26 bits per heavy atom. The maximum absolute atomic E-state index is 12.7. The fraction of sp³-hybridized carbons (Fsp3) is 0.609. The van der Waals surface area contributed by atoms with E-state index in [0.29, 0.717) is 6.42 Å². The first kappa shape index (κ1) is 19.9. The molecular weight excluding hydrogens is 334 g/mol. The van der Waals surface area contributed by atoms with Crippen molar-refractivity contribution < 1.29 is 4.79 Å². The molecule has 0 spiro atoms. The van der Waals surface area contributed by atoms with Crippen molar-refractivity contribution in [2.24, 2.45) is 5.73 Å². The summed E-state index contributed by atoms with van der Waals surface area (Å²) in [6.07, 6.45) is 16.5. The van der Waals surface area contributed by atoms with Crippen molar-refractivity contribution in [1.29, 1.82) is 0 Å². The molecule has 0 radical (unpaired) electrons. The second-order valence-corrected chi connectivity index (χ2v) is 8.13. The summed E-state index contributed by atoms with van der Waals surface area (Å²) < 4.78 is 0. The number of carbonyl (C=O) groups is 1. The molecule has 1 aromatic carbocycles. The van der Waals surface area contributed by atoms with Gasteiger partial charge in [0.15, 0.2) is 0 Å². The normalized spacial score (nSPS) is 19.1. The first-order chi connectivity index (χ1) is 13.2. The minimum atomic E-state index is -0.495. The van der Waals surface area contributed by atoms with Crippen LogP contribution in [-0.4, -0.2) is 23.0 Å². The van der Waals surface area contributed by atoms with Gasteiger partial charge in [0.25, 0.3) is 0 Å². The predicted molar refractivity (Wildman–Crippen MR) is 113 cm³/mol. The van der Waals surface area contributed by atoms with Crippen molar-refractivity contribution in [3.05, 3.63) is 36.0 Å². The van der Waals surface area contributed by atoms with E-state index in [1.807, 2.05) is 18.3 Å². The van der Waals surface area contributed by atoms with Crippen molar-refractivity contribution in [2.75, 3.05) is 0 Å². The van der Waals surface area contributed by atoms with Gasteiger partial charge in [0.05, 0.1) is 6.04 Å². The van der Waals surface area contributed by atoms with Gasteiger partial charge in [-0.15, -0.1) is 0 Å². The Bertz CT molecular complexity index is 696. The highest BCUT2D eigenvalue weighted by Crippen LogP contribution is 2.20. The number of carbonyl (C=O) groups excluding carboxylic acids is 1. The van der Waals surface area contributed by atoms with Gasteiger partial charge in [-0.1, -0.05) is 76.0 Å². The van der Waals surface area contributed by atoms with Crippen LogP contribution >= 0.6 is 0 Å². The van der Waals surface area contributed by atoms with E-state index in [1.54, 1.807) is 0 Å². The summed E-state index contributed by atoms with van der Waals surface area (Å²) in [5, 5.41) is 4.42. The lowest BCUT2D eigenvalue weighted by atomic mass is 9.97. The second-order valence-electron chi connectivity index (χ2n) is 8.13. The smallest absolute Gasteiger partial charge is 0.237 e. The predicted octanol–water partition coefficient (Wildman–Crippen LogP) is 4.83. The monoisotopic (exact) mass is 369 g/mol. The molecule has 0 bridgehead atoms. The van der Waals surface area contributed by atoms with Crippen LogP contribution in [0.2, 0.25) is 0 Å². The Morgan fingerprint density at radius 2 is 1.59 bits per heavy atom. The molecule has 1 amide bonds. The van der Waals surface area contributed by atoms with Gasteiger partial charge >= 0.3 is 0 Å². The fourth-order valence-electron chi connectivity index (χ4n) is 4.25. The van der Waals surface area contributed by atoms with Gasteiger partial charge in [-0.25, -0.2) is 0 Å². The highest BCUT2D eigenvalue weighted by atomic mass is 16.2. The number of hydrogen-bond acceptors (Lipinski definition) is 2. The summed E-state index contributed by atoms with van der Waals surface area (Å²) in [5.74, 6) is -0.00243. The zero-order chi connectivity index (χ0) is 18.9. The lowest BCUT2D eigenvalue weighted by molar-refractivity contribution is -0.123. The Hall–Kier alpha value is -1.81. The van der Waals surface area contributed by atoms with E-state index in [4.69, 9.17) is 5.73 Å². The minimum Gasteiger partial charge on any atom is -0.361 e. The summed E-state index contributed by atoms with van der Waals surface area (Å²) in [6, 6.07) is 7.96. The van der Waals surface area contributed by atoms with E-state index >= 15 is 0 Å². The number of amides is 1. The molecule has 1 aromatic heterocycles. The van der Waals surface area contributed by atoms with Crippen molar-refractivity contribution >= 4 is 16.8 Å². The van der Waals surface area contributed by atoms with Crippen LogP contribution < -0.4 is 11.1 Å². The topological polar surface area (TPSA) is 70.9 Å². The van der Waals surface area contributed by atoms with Crippen LogP contribution in [0.1, 0.15) is 76.2 Å². The number of para-hydroxylation sites is 1. The Balaban J connectivity index is 1.53. The van der Waals surface area contributed by atoms with Crippen LogP contribution in [0.4, 0.5) is 0 Å². The van der Waals surface area contributed by atoms with Gasteiger partial charge in [0.2, 0.25) is 5.91 Å². The van der Waals surface area contributed by atoms with Gasteiger partial charge in [-0.2, -0.15) is 0 Å². The highest BCUT2D eigenvalue weighted by molar-refractivity contribution is 5.86. The van der Waals surface area contributed by atoms with Gasteiger partial charge in [0.1, 0.15) is 0 Å². The Kier molecular flexibility index (Phi) is 7.76. The molecule has 1 aliphatic rings. The van der Waals surface area contributed by atoms with E-state index in [9.17, 15) is 4.79 Å². The molecule has 1 fully saturated rings. The minimum absolute atomic E-state index is 0.00243. The highest BCUT2D eigenvalue weighted by Gasteiger charge is 2.19. The van der Waals surface area contributed by atoms with Crippen molar-refractivity contribution in [3.8, 4) is 0 Å². The van der Waals surface area contributed by atoms with E-state index in [2.05, 4.69) is 22.4 Å². The van der Waals surface area contributed by atoms with Gasteiger partial charge in [0, 0.05) is 23.1 Å². The molecule has 0 aliphatic heterocycles. The summed E-state index contributed by atoms with van der Waals surface area (Å²) in [5.41, 5.74) is 8.48. The number of nitrogens with one attached hydrogen (secondary N) is 2. The molecule has 1 saturated carbocycles. The lowest BCUT2D eigenvalue weighted by Gasteiger charge is -2.22. The number of aromatic nitrogens is 1. The maximum atomic E-state index is 12.7. The van der Waals surface area contributed by atoms with Crippen LogP contribution in [0.15, 0.2) is 30.5 Å². The molecule has 4 nitrogen and oxygen atoms in total. The summed E-state index contributed by atoms with van der Waals surface area (Å²) in [4.78, 5) is 16.0. The number of benzene rings is 1. The molecule has 1 aliphatic carbocycles. The average Bonchev–Trinajstić information content (AvgIpc) is 3.07. The number of aromatic amines is 1. The van der Waals surface area contributed by atoms with Crippen molar-refractivity contribution in [3.63, 3.8) is 0 Å². The van der Waals surface area contributed by atoms with E-state index in [1.165, 1.54) is 57.8 Å². The third-order valence-corrected chi connectivity index (χ3v) is 5.90. The standard InChI is InChI=1S/C23H35N3O/c24-21(16-18-17-25-22-15-11-10-14-20(18)22)23(27)26-19-12-8-6-4-2-1-3-5-7-9-13-19/h10-11,14-15,17,19,21,25H,1-9,12-13,16,24H2,(H,26,27)/t21-/m0/s1. The average molecular weight is 370 g/mol. The number of H-pyrrole nitrogens is 1. The number of rotatable bonds is 4. The molecule has 2 aromatic rings. The van der Waals surface area contributed by atoms with E-state index in [0.717, 1.165) is 29.3 Å². The summed E-state index contributed by atoms with van der Waals surface area (Å²) in [7, 11) is 0. The second kappa shape index (κ2) is 10.5. The largest absolute Gasteiger partial charge is 0.361 e.